The first kappa shape index (κ1) is 19.8. The van der Waals surface area contributed by atoms with Crippen LogP contribution in [0.1, 0.15) is 13.3 Å². The molecular weight excluding hydrogens is 390 g/mol. The molecule has 2 N–H and O–H groups in total. The van der Waals surface area contributed by atoms with Gasteiger partial charge in [0, 0.05) is 12.5 Å². The Morgan fingerprint density at radius 2 is 1.76 bits per heavy atom. The van der Waals surface area contributed by atoms with E-state index in [-0.39, 0.29) is 4.90 Å². The van der Waals surface area contributed by atoms with Gasteiger partial charge < -0.3 is 19.3 Å². The highest BCUT2D eigenvalue weighted by molar-refractivity contribution is 7.92. The van der Waals surface area contributed by atoms with E-state index >= 15 is 0 Å². The molecule has 2 aliphatic heterocycles. The van der Waals surface area contributed by atoms with Crippen LogP contribution < -0.4 is 24.0 Å². The van der Waals surface area contributed by atoms with Gasteiger partial charge >= 0.3 is 0 Å². The highest BCUT2D eigenvalue weighted by Crippen LogP contribution is 2.33. The lowest BCUT2D eigenvalue weighted by Crippen LogP contribution is -3.14. The summed E-state index contributed by atoms with van der Waals surface area (Å²) in [4.78, 5) is 3.99. The highest BCUT2D eigenvalue weighted by Gasteiger charge is 2.24. The van der Waals surface area contributed by atoms with E-state index in [1.807, 2.05) is 24.3 Å². The number of piperazine rings is 1. The smallest absolute Gasteiger partial charge is 0.262 e. The molecule has 0 radical (unpaired) electrons. The maximum atomic E-state index is 13.1. The molecule has 0 unspecified atom stereocenters. The maximum absolute atomic E-state index is 13.1. The van der Waals surface area contributed by atoms with E-state index in [0.717, 1.165) is 44.8 Å². The van der Waals surface area contributed by atoms with E-state index in [9.17, 15) is 8.42 Å². The van der Waals surface area contributed by atoms with Crippen LogP contribution in [0.5, 0.6) is 11.5 Å². The number of fused-ring (bicyclic) bond motifs is 1. The molecule has 2 aliphatic rings. The lowest BCUT2D eigenvalue weighted by Gasteiger charge is -2.34. The molecule has 0 saturated carbocycles. The molecule has 0 amide bonds. The second kappa shape index (κ2) is 8.51. The van der Waals surface area contributed by atoms with Crippen LogP contribution in [0.4, 0.5) is 11.4 Å². The number of para-hydroxylation sites is 2. The van der Waals surface area contributed by atoms with Gasteiger partial charge in [0.05, 0.1) is 62.2 Å². The maximum Gasteiger partial charge on any atom is 0.262 e. The highest BCUT2D eigenvalue weighted by atomic mass is 32.2. The molecular formula is C21H28N3O4S+. The van der Waals surface area contributed by atoms with Crippen molar-refractivity contribution in [2.45, 2.75) is 18.2 Å². The minimum Gasteiger partial charge on any atom is -0.490 e. The van der Waals surface area contributed by atoms with Crippen molar-refractivity contribution in [2.24, 2.45) is 0 Å². The van der Waals surface area contributed by atoms with Gasteiger partial charge in [0.15, 0.2) is 11.5 Å². The fraction of sp³-hybridized carbons (Fsp3) is 0.429. The number of hydrogen-bond donors (Lipinski definition) is 2. The Morgan fingerprint density at radius 3 is 2.52 bits per heavy atom. The van der Waals surface area contributed by atoms with Gasteiger partial charge in [-0.05, 0) is 31.2 Å². The Kier molecular flexibility index (Phi) is 5.82. The number of hydrogen-bond acceptors (Lipinski definition) is 5. The Bertz CT molecular complexity index is 956. The zero-order valence-corrected chi connectivity index (χ0v) is 17.5. The molecule has 29 heavy (non-hydrogen) atoms. The third-order valence-corrected chi connectivity index (χ3v) is 6.85. The van der Waals surface area contributed by atoms with Gasteiger partial charge in [0.25, 0.3) is 10.0 Å². The summed E-state index contributed by atoms with van der Waals surface area (Å²) in [5.41, 5.74) is 1.51. The number of rotatable bonds is 5. The molecule has 0 aliphatic carbocycles. The van der Waals surface area contributed by atoms with Crippen LogP contribution in [0.25, 0.3) is 0 Å². The molecule has 7 nitrogen and oxygen atoms in total. The van der Waals surface area contributed by atoms with Gasteiger partial charge in [0.1, 0.15) is 0 Å². The standard InChI is InChI=1S/C21H27N3O4S/c1-2-23-10-12-24(13-11-23)19-7-4-3-6-18(19)22-29(25,26)17-8-9-20-21(16-17)28-15-5-14-27-20/h3-4,6-9,16,22H,2,5,10-15H2,1H3/p+1. The number of anilines is 2. The Morgan fingerprint density at radius 1 is 1.03 bits per heavy atom. The summed E-state index contributed by atoms with van der Waals surface area (Å²) >= 11 is 0. The summed E-state index contributed by atoms with van der Waals surface area (Å²) in [7, 11) is -3.75. The minimum absolute atomic E-state index is 0.164. The third kappa shape index (κ3) is 4.43. The molecule has 0 spiro atoms. The number of likely N-dealkylation sites (N-methyl/N-ethyl adjacent to an activating group) is 1. The Hall–Kier alpha value is -2.45. The molecule has 4 rings (SSSR count). The third-order valence-electron chi connectivity index (χ3n) is 5.49. The van der Waals surface area contributed by atoms with E-state index < -0.39 is 10.0 Å². The first-order valence-corrected chi connectivity index (χ1v) is 11.6. The summed E-state index contributed by atoms with van der Waals surface area (Å²) < 4.78 is 40.2. The molecule has 0 bridgehead atoms. The average molecular weight is 419 g/mol. The molecule has 0 atom stereocenters. The molecule has 2 heterocycles. The van der Waals surface area contributed by atoms with Crippen molar-refractivity contribution in [1.82, 2.24) is 0 Å². The van der Waals surface area contributed by atoms with Gasteiger partial charge in [-0.15, -0.1) is 0 Å². The Balaban J connectivity index is 1.57. The fourth-order valence-electron chi connectivity index (χ4n) is 3.77. The largest absolute Gasteiger partial charge is 0.490 e. The van der Waals surface area contributed by atoms with E-state index in [1.165, 1.54) is 6.07 Å². The minimum atomic E-state index is -3.75. The SMILES string of the molecule is CC[NH+]1CCN(c2ccccc2NS(=O)(=O)c2ccc3c(c2)OCCCO3)CC1. The number of nitrogens with one attached hydrogen (secondary N) is 2. The number of quaternary nitrogens is 1. The number of sulfonamides is 1. The lowest BCUT2D eigenvalue weighted by atomic mass is 10.2. The molecule has 2 aromatic carbocycles. The topological polar surface area (TPSA) is 72.3 Å². The summed E-state index contributed by atoms with van der Waals surface area (Å²) in [6.07, 6.45) is 0.773. The van der Waals surface area contributed by atoms with Crippen molar-refractivity contribution in [2.75, 3.05) is 55.6 Å². The van der Waals surface area contributed by atoms with Crippen molar-refractivity contribution < 1.29 is 22.8 Å². The van der Waals surface area contributed by atoms with Gasteiger partial charge in [-0.25, -0.2) is 8.42 Å². The normalized spacial score (nSPS) is 17.6. The molecule has 156 valence electrons. The molecule has 2 aromatic rings. The molecule has 0 aromatic heterocycles. The second-order valence-corrected chi connectivity index (χ2v) is 9.05. The van der Waals surface area contributed by atoms with E-state index in [0.29, 0.717) is 30.4 Å². The van der Waals surface area contributed by atoms with E-state index in [2.05, 4.69) is 16.5 Å². The predicted octanol–water partition coefficient (Wildman–Crippen LogP) is 1.37. The first-order valence-electron chi connectivity index (χ1n) is 10.2. The summed E-state index contributed by atoms with van der Waals surface area (Å²) in [6, 6.07) is 12.3. The van der Waals surface area contributed by atoms with Crippen LogP contribution in [0.15, 0.2) is 47.4 Å². The average Bonchev–Trinajstić information content (AvgIpc) is 2.99. The molecule has 1 saturated heterocycles. The van der Waals surface area contributed by atoms with Crippen molar-refractivity contribution in [3.05, 3.63) is 42.5 Å². The lowest BCUT2D eigenvalue weighted by molar-refractivity contribution is -0.898. The zero-order chi connectivity index (χ0) is 20.3. The summed E-state index contributed by atoms with van der Waals surface area (Å²) in [5.74, 6) is 1.05. The number of nitrogens with zero attached hydrogens (tertiary/aromatic N) is 1. The van der Waals surface area contributed by atoms with Crippen LogP contribution in [0.2, 0.25) is 0 Å². The van der Waals surface area contributed by atoms with Crippen LogP contribution in [0.3, 0.4) is 0 Å². The fourth-order valence-corrected chi connectivity index (χ4v) is 4.86. The molecule has 8 heteroatoms. The first-order chi connectivity index (χ1) is 14.1. The van der Waals surface area contributed by atoms with E-state index in [4.69, 9.17) is 9.47 Å². The monoisotopic (exact) mass is 418 g/mol. The van der Waals surface area contributed by atoms with Crippen molar-refractivity contribution >= 4 is 21.4 Å². The number of benzene rings is 2. The summed E-state index contributed by atoms with van der Waals surface area (Å²) in [6.45, 7) is 8.32. The predicted molar refractivity (Wildman–Crippen MR) is 113 cm³/mol. The van der Waals surface area contributed by atoms with Crippen molar-refractivity contribution in [1.29, 1.82) is 0 Å². The van der Waals surface area contributed by atoms with Gasteiger partial charge in [-0.3, -0.25) is 4.72 Å². The van der Waals surface area contributed by atoms with Crippen molar-refractivity contribution in [3.63, 3.8) is 0 Å². The van der Waals surface area contributed by atoms with Crippen LogP contribution in [-0.2, 0) is 10.0 Å². The van der Waals surface area contributed by atoms with Crippen LogP contribution >= 0.6 is 0 Å². The van der Waals surface area contributed by atoms with Gasteiger partial charge in [-0.2, -0.15) is 0 Å². The van der Waals surface area contributed by atoms with Gasteiger partial charge in [0.2, 0.25) is 0 Å². The van der Waals surface area contributed by atoms with Crippen LogP contribution in [0, 0.1) is 0 Å². The quantitative estimate of drug-likeness (QED) is 0.768. The second-order valence-electron chi connectivity index (χ2n) is 7.37. The van der Waals surface area contributed by atoms with Crippen molar-refractivity contribution in [3.8, 4) is 11.5 Å². The summed E-state index contributed by atoms with van der Waals surface area (Å²) in [5, 5.41) is 0. The number of ether oxygens (including phenoxy) is 2. The van der Waals surface area contributed by atoms with E-state index in [1.54, 1.807) is 17.0 Å². The Labute approximate surface area is 172 Å². The zero-order valence-electron chi connectivity index (χ0n) is 16.7. The van der Waals surface area contributed by atoms with Gasteiger partial charge in [-0.1, -0.05) is 12.1 Å². The molecule has 1 fully saturated rings. The van der Waals surface area contributed by atoms with Crippen LogP contribution in [-0.4, -0.2) is 54.4 Å².